The van der Waals surface area contributed by atoms with Gasteiger partial charge in [-0.25, -0.2) is 0 Å². The molecule has 0 radical (unpaired) electrons. The predicted molar refractivity (Wildman–Crippen MR) is 37.2 cm³/mol. The van der Waals surface area contributed by atoms with E-state index in [0.29, 0.717) is 0 Å². The molecule has 0 aromatic rings. The van der Waals surface area contributed by atoms with Gasteiger partial charge in [0.05, 0.1) is 6.61 Å². The molecule has 0 aromatic heterocycles. The molecule has 0 saturated carbocycles. The van der Waals surface area contributed by atoms with Crippen molar-refractivity contribution in [1.29, 1.82) is 0 Å². The van der Waals surface area contributed by atoms with Crippen molar-refractivity contribution in [2.75, 3.05) is 6.61 Å². The smallest absolute Gasteiger partial charge is 0.330 e. The van der Waals surface area contributed by atoms with E-state index in [9.17, 15) is 9.90 Å². The summed E-state index contributed by atoms with van der Waals surface area (Å²) in [5.41, 5.74) is 0. The molecule has 1 heterocycles. The van der Waals surface area contributed by atoms with Crippen LogP contribution in [0.4, 0.5) is 0 Å². The normalized spacial score (nSPS) is 44.2. The fourth-order valence-corrected chi connectivity index (χ4v) is 1.11. The summed E-state index contributed by atoms with van der Waals surface area (Å²) >= 11 is 5.61. The minimum absolute atomic E-state index is 0.408. The molecule has 0 amide bonds. The van der Waals surface area contributed by atoms with Crippen LogP contribution in [-0.2, 0) is 9.53 Å². The van der Waals surface area contributed by atoms with E-state index in [1.54, 1.807) is 0 Å². The molecule has 4 nitrogen and oxygen atoms in total. The molecule has 1 aliphatic rings. The lowest BCUT2D eigenvalue weighted by Gasteiger charge is -2.15. The second kappa shape index (κ2) is 2.62. The summed E-state index contributed by atoms with van der Waals surface area (Å²) in [5.74, 6) is -0.689. The molecule has 3 atom stereocenters. The Morgan fingerprint density at radius 1 is 1.82 bits per heavy atom. The lowest BCUT2D eigenvalue weighted by atomic mass is 10.0. The number of hydrogen-bond donors (Lipinski definition) is 2. The average Bonchev–Trinajstić information content (AvgIpc) is 2.14. The van der Waals surface area contributed by atoms with E-state index >= 15 is 0 Å². The van der Waals surface area contributed by atoms with Gasteiger partial charge in [0.15, 0.2) is 11.0 Å². The number of cyclic esters (lactones) is 1. The van der Waals surface area contributed by atoms with Gasteiger partial charge in [-0.3, -0.25) is 4.79 Å². The van der Waals surface area contributed by atoms with Crippen molar-refractivity contribution in [3.63, 3.8) is 0 Å². The number of carbonyl (C=O) groups excluding carboxylic acids is 1. The molecular weight excluding hydrogens is 172 g/mol. The van der Waals surface area contributed by atoms with Gasteiger partial charge in [0.2, 0.25) is 0 Å². The van der Waals surface area contributed by atoms with Gasteiger partial charge in [-0.05, 0) is 6.92 Å². The Morgan fingerprint density at radius 2 is 2.36 bits per heavy atom. The second-order valence-corrected chi connectivity index (χ2v) is 3.43. The van der Waals surface area contributed by atoms with Crippen LogP contribution in [0.25, 0.3) is 0 Å². The molecule has 1 saturated heterocycles. The van der Waals surface area contributed by atoms with Gasteiger partial charge in [-0.1, -0.05) is 0 Å². The van der Waals surface area contributed by atoms with Crippen LogP contribution in [0.2, 0.25) is 0 Å². The predicted octanol–water partition coefficient (Wildman–Crippen LogP) is -0.738. The highest BCUT2D eigenvalue weighted by atomic mass is 35.5. The maximum atomic E-state index is 10.9. The minimum atomic E-state index is -1.41. The van der Waals surface area contributed by atoms with E-state index in [0.717, 1.165) is 0 Å². The molecule has 64 valence electrons. The van der Waals surface area contributed by atoms with Crippen molar-refractivity contribution in [2.24, 2.45) is 0 Å². The van der Waals surface area contributed by atoms with Crippen LogP contribution < -0.4 is 0 Å². The SMILES string of the molecule is C[C@@]1(Cl)C(=O)O[C@H](CO)[C@H]1O. The lowest BCUT2D eigenvalue weighted by molar-refractivity contribution is -0.144. The third-order valence-electron chi connectivity index (χ3n) is 1.75. The molecule has 0 bridgehead atoms. The van der Waals surface area contributed by atoms with Crippen LogP contribution in [0.3, 0.4) is 0 Å². The molecule has 0 aromatic carbocycles. The molecule has 0 aliphatic carbocycles. The van der Waals surface area contributed by atoms with Crippen LogP contribution >= 0.6 is 11.6 Å². The van der Waals surface area contributed by atoms with Crippen LogP contribution in [0.15, 0.2) is 0 Å². The summed E-state index contributed by atoms with van der Waals surface area (Å²) < 4.78 is 4.57. The van der Waals surface area contributed by atoms with E-state index in [1.807, 2.05) is 0 Å². The van der Waals surface area contributed by atoms with E-state index in [2.05, 4.69) is 4.74 Å². The average molecular weight is 181 g/mol. The number of halogens is 1. The van der Waals surface area contributed by atoms with Crippen molar-refractivity contribution >= 4 is 17.6 Å². The maximum Gasteiger partial charge on any atom is 0.330 e. The second-order valence-electron chi connectivity index (χ2n) is 2.65. The van der Waals surface area contributed by atoms with Crippen LogP contribution in [0, 0.1) is 0 Å². The first-order valence-corrected chi connectivity index (χ1v) is 3.57. The third kappa shape index (κ3) is 1.21. The maximum absolute atomic E-state index is 10.9. The Bertz CT molecular complexity index is 179. The zero-order valence-electron chi connectivity index (χ0n) is 5.95. The summed E-state index contributed by atoms with van der Waals surface area (Å²) in [6.45, 7) is 0.951. The van der Waals surface area contributed by atoms with Gasteiger partial charge in [0.25, 0.3) is 0 Å². The molecular formula is C6H9ClO4. The molecule has 2 N–H and O–H groups in total. The Hall–Kier alpha value is -0.320. The number of rotatable bonds is 1. The number of alkyl halides is 1. The highest BCUT2D eigenvalue weighted by Crippen LogP contribution is 2.31. The highest BCUT2D eigenvalue weighted by Gasteiger charge is 2.52. The molecule has 0 spiro atoms. The van der Waals surface area contributed by atoms with Crippen molar-refractivity contribution in [3.05, 3.63) is 0 Å². The van der Waals surface area contributed by atoms with Crippen LogP contribution in [-0.4, -0.2) is 39.9 Å². The van der Waals surface area contributed by atoms with Crippen LogP contribution in [0.1, 0.15) is 6.92 Å². The van der Waals surface area contributed by atoms with Crippen molar-refractivity contribution in [1.82, 2.24) is 0 Å². The topological polar surface area (TPSA) is 66.8 Å². The third-order valence-corrected chi connectivity index (χ3v) is 2.12. The number of ether oxygens (including phenoxy) is 1. The van der Waals surface area contributed by atoms with Crippen LogP contribution in [0.5, 0.6) is 0 Å². The zero-order chi connectivity index (χ0) is 8.65. The van der Waals surface area contributed by atoms with E-state index in [4.69, 9.17) is 16.7 Å². The Kier molecular flexibility index (Phi) is 2.09. The monoisotopic (exact) mass is 180 g/mol. The summed E-state index contributed by atoms with van der Waals surface area (Å²) in [6.07, 6.45) is -2.02. The zero-order valence-corrected chi connectivity index (χ0v) is 6.71. The summed E-state index contributed by atoms with van der Waals surface area (Å²) in [7, 11) is 0. The molecule has 1 rings (SSSR count). The number of aliphatic hydroxyl groups is 2. The fourth-order valence-electron chi connectivity index (χ4n) is 0.924. The number of hydrogen-bond acceptors (Lipinski definition) is 4. The lowest BCUT2D eigenvalue weighted by Crippen LogP contribution is -2.39. The first-order chi connectivity index (χ1) is 5.00. The van der Waals surface area contributed by atoms with Gasteiger partial charge >= 0.3 is 5.97 Å². The van der Waals surface area contributed by atoms with Crippen molar-refractivity contribution in [3.8, 4) is 0 Å². The van der Waals surface area contributed by atoms with Crippen molar-refractivity contribution in [2.45, 2.75) is 24.0 Å². The summed E-state index contributed by atoms with van der Waals surface area (Å²) in [6, 6.07) is 0. The Morgan fingerprint density at radius 3 is 2.55 bits per heavy atom. The van der Waals surface area contributed by atoms with E-state index < -0.39 is 29.7 Å². The van der Waals surface area contributed by atoms with Crippen molar-refractivity contribution < 1.29 is 19.7 Å². The van der Waals surface area contributed by atoms with Gasteiger partial charge in [-0.2, -0.15) is 0 Å². The van der Waals surface area contributed by atoms with Gasteiger partial charge < -0.3 is 14.9 Å². The molecule has 1 aliphatic heterocycles. The van der Waals surface area contributed by atoms with Gasteiger partial charge in [-0.15, -0.1) is 11.6 Å². The number of aliphatic hydroxyl groups excluding tert-OH is 2. The summed E-state index contributed by atoms with van der Waals surface area (Å²) in [4.78, 5) is 9.44. The first-order valence-electron chi connectivity index (χ1n) is 3.19. The standard InChI is InChI=1S/C6H9ClO4/c1-6(7)4(9)3(2-8)11-5(6)10/h3-4,8-9H,2H2,1H3/t3-,4-,6+/m1/s1. The number of carbonyl (C=O) groups is 1. The quantitative estimate of drug-likeness (QED) is 0.412. The van der Waals surface area contributed by atoms with E-state index in [1.165, 1.54) is 6.92 Å². The van der Waals surface area contributed by atoms with Gasteiger partial charge in [0, 0.05) is 0 Å². The number of esters is 1. The molecule has 11 heavy (non-hydrogen) atoms. The summed E-state index contributed by atoms with van der Waals surface area (Å²) in [5, 5.41) is 17.8. The Balaban J connectivity index is 2.80. The van der Waals surface area contributed by atoms with E-state index in [-0.39, 0.29) is 0 Å². The first kappa shape index (κ1) is 8.77. The van der Waals surface area contributed by atoms with Gasteiger partial charge in [0.1, 0.15) is 6.10 Å². The molecule has 0 unspecified atom stereocenters. The molecule has 1 fully saturated rings. The Labute approximate surface area is 68.7 Å². The fraction of sp³-hybridized carbons (Fsp3) is 0.833. The molecule has 5 heteroatoms. The largest absolute Gasteiger partial charge is 0.456 e. The highest BCUT2D eigenvalue weighted by molar-refractivity contribution is 6.34. The minimum Gasteiger partial charge on any atom is -0.456 e.